The molecule has 0 bridgehead atoms. The second-order valence-corrected chi connectivity index (χ2v) is 7.02. The van der Waals surface area contributed by atoms with Crippen LogP contribution in [-0.2, 0) is 14.3 Å². The van der Waals surface area contributed by atoms with Gasteiger partial charge in [0.2, 0.25) is 5.91 Å². The summed E-state index contributed by atoms with van der Waals surface area (Å²) in [6.45, 7) is 7.09. The molecular weight excluding hydrogens is 288 g/mol. The van der Waals surface area contributed by atoms with E-state index in [2.05, 4.69) is 0 Å². The molecular formula is C15H24N2O5. The van der Waals surface area contributed by atoms with Crippen LogP contribution in [0.5, 0.6) is 0 Å². The first-order valence-electron chi connectivity index (χ1n) is 7.67. The van der Waals surface area contributed by atoms with Crippen LogP contribution < -0.4 is 0 Å². The van der Waals surface area contributed by atoms with Gasteiger partial charge in [-0.05, 0) is 33.6 Å². The Morgan fingerprint density at radius 2 is 1.55 bits per heavy atom. The predicted octanol–water partition coefficient (Wildman–Crippen LogP) is 1.18. The number of rotatable bonds is 2. The molecule has 124 valence electrons. The van der Waals surface area contributed by atoms with Crippen molar-refractivity contribution in [2.24, 2.45) is 11.8 Å². The van der Waals surface area contributed by atoms with E-state index in [0.29, 0.717) is 39.0 Å². The molecule has 2 aliphatic heterocycles. The van der Waals surface area contributed by atoms with E-state index in [4.69, 9.17) is 9.84 Å². The van der Waals surface area contributed by atoms with E-state index in [9.17, 15) is 14.4 Å². The Hall–Kier alpha value is -1.79. The number of likely N-dealkylation sites (tertiary alicyclic amines) is 2. The number of hydrogen-bond donors (Lipinski definition) is 1. The highest BCUT2D eigenvalue weighted by atomic mass is 16.6. The summed E-state index contributed by atoms with van der Waals surface area (Å²) in [5.41, 5.74) is -0.521. The standard InChI is InChI=1S/C15H24N2O5/c1-15(2,3)22-14(21)16-6-4-10(5-7-16)12(18)17-8-11(9-17)13(19)20/h10-11H,4-9H2,1-3H3,(H,19,20). The number of carboxylic acid groups (broad SMARTS) is 1. The number of carboxylic acids is 1. The predicted molar refractivity (Wildman–Crippen MR) is 78.2 cm³/mol. The molecule has 0 aromatic carbocycles. The minimum atomic E-state index is -0.844. The van der Waals surface area contributed by atoms with Gasteiger partial charge in [-0.2, -0.15) is 0 Å². The highest BCUT2D eigenvalue weighted by Crippen LogP contribution is 2.25. The SMILES string of the molecule is CC(C)(C)OC(=O)N1CCC(C(=O)N2CC(C(=O)O)C2)CC1. The second kappa shape index (κ2) is 6.14. The minimum absolute atomic E-state index is 0.0151. The first kappa shape index (κ1) is 16.6. The molecule has 2 rings (SSSR count). The average Bonchev–Trinajstić information content (AvgIpc) is 2.34. The second-order valence-electron chi connectivity index (χ2n) is 7.02. The number of hydrogen-bond acceptors (Lipinski definition) is 4. The van der Waals surface area contributed by atoms with Gasteiger partial charge in [-0.1, -0.05) is 0 Å². The third-order valence-electron chi connectivity index (χ3n) is 4.04. The highest BCUT2D eigenvalue weighted by Gasteiger charge is 2.39. The van der Waals surface area contributed by atoms with Crippen molar-refractivity contribution >= 4 is 18.0 Å². The quantitative estimate of drug-likeness (QED) is 0.827. The lowest BCUT2D eigenvalue weighted by atomic mass is 9.91. The number of amides is 2. The normalized spacial score (nSPS) is 20.5. The molecule has 0 aromatic rings. The Kier molecular flexibility index (Phi) is 4.63. The van der Waals surface area contributed by atoms with Crippen LogP contribution >= 0.6 is 0 Å². The van der Waals surface area contributed by atoms with Crippen LogP contribution in [0.25, 0.3) is 0 Å². The maximum Gasteiger partial charge on any atom is 0.410 e. The average molecular weight is 312 g/mol. The maximum atomic E-state index is 12.3. The number of aliphatic carboxylic acids is 1. The van der Waals surface area contributed by atoms with Crippen molar-refractivity contribution in [3.63, 3.8) is 0 Å². The van der Waals surface area contributed by atoms with Gasteiger partial charge in [-0.25, -0.2) is 4.79 Å². The van der Waals surface area contributed by atoms with Gasteiger partial charge in [0.05, 0.1) is 5.92 Å². The molecule has 7 heteroatoms. The van der Waals surface area contributed by atoms with Crippen molar-refractivity contribution in [1.29, 1.82) is 0 Å². The topological polar surface area (TPSA) is 87.2 Å². The molecule has 0 spiro atoms. The molecule has 2 heterocycles. The van der Waals surface area contributed by atoms with Crippen molar-refractivity contribution in [3.8, 4) is 0 Å². The molecule has 0 radical (unpaired) electrons. The van der Waals surface area contributed by atoms with Gasteiger partial charge in [0.25, 0.3) is 0 Å². The molecule has 0 unspecified atom stereocenters. The van der Waals surface area contributed by atoms with Crippen molar-refractivity contribution in [2.75, 3.05) is 26.2 Å². The van der Waals surface area contributed by atoms with E-state index in [-0.39, 0.29) is 17.9 Å². The summed E-state index contributed by atoms with van der Waals surface area (Å²) >= 11 is 0. The van der Waals surface area contributed by atoms with E-state index >= 15 is 0 Å². The first-order chi connectivity index (χ1) is 10.2. The molecule has 0 atom stereocenters. The molecule has 0 aliphatic carbocycles. The minimum Gasteiger partial charge on any atom is -0.481 e. The molecule has 1 N–H and O–H groups in total. The molecule has 22 heavy (non-hydrogen) atoms. The van der Waals surface area contributed by atoms with Crippen LogP contribution in [0, 0.1) is 11.8 Å². The van der Waals surface area contributed by atoms with Crippen molar-refractivity contribution in [2.45, 2.75) is 39.2 Å². The van der Waals surface area contributed by atoms with Crippen LogP contribution in [0.2, 0.25) is 0 Å². The Labute approximate surface area is 130 Å². The Balaban J connectivity index is 1.77. The van der Waals surface area contributed by atoms with E-state index in [0.717, 1.165) is 0 Å². The van der Waals surface area contributed by atoms with E-state index in [1.54, 1.807) is 9.80 Å². The first-order valence-corrected chi connectivity index (χ1v) is 7.67. The summed E-state index contributed by atoms with van der Waals surface area (Å²) in [5.74, 6) is -1.37. The summed E-state index contributed by atoms with van der Waals surface area (Å²) in [6.07, 6.45) is 0.867. The third-order valence-corrected chi connectivity index (χ3v) is 4.04. The lowest BCUT2D eigenvalue weighted by Gasteiger charge is -2.40. The maximum absolute atomic E-state index is 12.3. The van der Waals surface area contributed by atoms with Gasteiger partial charge in [-0.15, -0.1) is 0 Å². The zero-order valence-electron chi connectivity index (χ0n) is 13.4. The lowest BCUT2D eigenvalue weighted by Crippen LogP contribution is -2.56. The zero-order chi connectivity index (χ0) is 16.5. The monoisotopic (exact) mass is 312 g/mol. The summed E-state index contributed by atoms with van der Waals surface area (Å²) in [7, 11) is 0. The molecule has 2 saturated heterocycles. The smallest absolute Gasteiger partial charge is 0.410 e. The summed E-state index contributed by atoms with van der Waals surface area (Å²) < 4.78 is 5.32. The van der Waals surface area contributed by atoms with Gasteiger partial charge < -0.3 is 19.6 Å². The van der Waals surface area contributed by atoms with Gasteiger partial charge in [0, 0.05) is 32.1 Å². The number of ether oxygens (including phenoxy) is 1. The fourth-order valence-corrected chi connectivity index (χ4v) is 2.71. The van der Waals surface area contributed by atoms with Crippen LogP contribution in [0.3, 0.4) is 0 Å². The van der Waals surface area contributed by atoms with Crippen LogP contribution in [-0.4, -0.2) is 64.7 Å². The van der Waals surface area contributed by atoms with E-state index in [1.165, 1.54) is 0 Å². The summed E-state index contributed by atoms with van der Waals surface area (Å²) in [4.78, 5) is 38.2. The van der Waals surface area contributed by atoms with Crippen molar-refractivity contribution < 1.29 is 24.2 Å². The molecule has 0 aromatic heterocycles. The number of piperidine rings is 1. The van der Waals surface area contributed by atoms with Crippen LogP contribution in [0.4, 0.5) is 4.79 Å². The van der Waals surface area contributed by atoms with Crippen molar-refractivity contribution in [1.82, 2.24) is 9.80 Å². The molecule has 2 aliphatic rings. The summed E-state index contributed by atoms with van der Waals surface area (Å²) in [6, 6.07) is 0. The van der Waals surface area contributed by atoms with Gasteiger partial charge in [-0.3, -0.25) is 9.59 Å². The van der Waals surface area contributed by atoms with E-state index in [1.807, 2.05) is 20.8 Å². The van der Waals surface area contributed by atoms with Gasteiger partial charge in [0.1, 0.15) is 5.60 Å². The van der Waals surface area contributed by atoms with Gasteiger partial charge >= 0.3 is 12.1 Å². The molecule has 0 saturated carbocycles. The number of carbonyl (C=O) groups is 3. The fraction of sp³-hybridized carbons (Fsp3) is 0.800. The highest BCUT2D eigenvalue weighted by molar-refractivity contribution is 5.83. The van der Waals surface area contributed by atoms with Crippen molar-refractivity contribution in [3.05, 3.63) is 0 Å². The summed E-state index contributed by atoms with van der Waals surface area (Å²) in [5, 5.41) is 8.84. The number of carbonyl (C=O) groups excluding carboxylic acids is 2. The van der Waals surface area contributed by atoms with E-state index < -0.39 is 17.5 Å². The molecule has 2 fully saturated rings. The van der Waals surface area contributed by atoms with Gasteiger partial charge in [0.15, 0.2) is 0 Å². The lowest BCUT2D eigenvalue weighted by molar-refractivity contribution is -0.155. The zero-order valence-corrected chi connectivity index (χ0v) is 13.4. The largest absolute Gasteiger partial charge is 0.481 e. The van der Waals surface area contributed by atoms with Crippen LogP contribution in [0.1, 0.15) is 33.6 Å². The number of nitrogens with zero attached hydrogens (tertiary/aromatic N) is 2. The molecule has 7 nitrogen and oxygen atoms in total. The van der Waals surface area contributed by atoms with Crippen LogP contribution in [0.15, 0.2) is 0 Å². The third kappa shape index (κ3) is 3.90. The Bertz CT molecular complexity index is 457. The molecule has 2 amide bonds. The Morgan fingerprint density at radius 1 is 1.00 bits per heavy atom. The Morgan fingerprint density at radius 3 is 2.00 bits per heavy atom. The fourth-order valence-electron chi connectivity index (χ4n) is 2.71.